The van der Waals surface area contributed by atoms with Gasteiger partial charge in [-0.05, 0) is 48.9 Å². The number of benzene rings is 2. The molecule has 1 N–H and O–H groups in total. The number of ether oxygens (including phenoxy) is 1. The second kappa shape index (κ2) is 7.41. The number of halogens is 1. The van der Waals surface area contributed by atoms with Crippen molar-refractivity contribution < 1.29 is 9.13 Å². The molecule has 0 saturated heterocycles. The molecule has 0 fully saturated rings. The molecule has 0 aliphatic heterocycles. The first-order valence-corrected chi connectivity index (χ1v) is 6.75. The molecule has 3 nitrogen and oxygen atoms in total. The molecule has 0 heterocycles. The normalized spacial score (nSPS) is 10.1. The van der Waals surface area contributed by atoms with Gasteiger partial charge in [-0.25, -0.2) is 4.39 Å². The molecule has 0 saturated carbocycles. The van der Waals surface area contributed by atoms with Gasteiger partial charge in [0, 0.05) is 12.1 Å². The highest BCUT2D eigenvalue weighted by atomic mass is 19.1. The SMILES string of the molecule is COc1cccc(CCNCc2cc(C#N)ccc2F)c1. The highest BCUT2D eigenvalue weighted by molar-refractivity contribution is 5.33. The summed E-state index contributed by atoms with van der Waals surface area (Å²) in [5.41, 5.74) is 2.15. The lowest BCUT2D eigenvalue weighted by molar-refractivity contribution is 0.414. The molecule has 0 aliphatic carbocycles. The van der Waals surface area contributed by atoms with Crippen molar-refractivity contribution in [3.63, 3.8) is 0 Å². The maximum absolute atomic E-state index is 13.6. The molecule has 0 bridgehead atoms. The summed E-state index contributed by atoms with van der Waals surface area (Å²) < 4.78 is 18.8. The lowest BCUT2D eigenvalue weighted by atomic mass is 10.1. The van der Waals surface area contributed by atoms with E-state index in [1.54, 1.807) is 13.2 Å². The molecule has 0 aromatic heterocycles. The van der Waals surface area contributed by atoms with Gasteiger partial charge in [0.05, 0.1) is 18.7 Å². The zero-order valence-electron chi connectivity index (χ0n) is 11.9. The van der Waals surface area contributed by atoms with Crippen molar-refractivity contribution in [3.8, 4) is 11.8 Å². The first kappa shape index (κ1) is 15.0. The summed E-state index contributed by atoms with van der Waals surface area (Å²) in [6, 6.07) is 14.3. The Bertz CT molecular complexity index is 649. The molecular formula is C17H17FN2O. The molecule has 0 aliphatic rings. The van der Waals surface area contributed by atoms with Gasteiger partial charge >= 0.3 is 0 Å². The van der Waals surface area contributed by atoms with E-state index < -0.39 is 0 Å². The van der Waals surface area contributed by atoms with Crippen LogP contribution in [0, 0.1) is 17.1 Å². The monoisotopic (exact) mass is 284 g/mol. The third-order valence-corrected chi connectivity index (χ3v) is 3.21. The molecule has 2 rings (SSSR count). The molecule has 0 unspecified atom stereocenters. The summed E-state index contributed by atoms with van der Waals surface area (Å²) in [5, 5.41) is 12.0. The minimum atomic E-state index is -0.289. The lowest BCUT2D eigenvalue weighted by Gasteiger charge is -2.07. The van der Waals surface area contributed by atoms with Crippen LogP contribution in [0.4, 0.5) is 4.39 Å². The van der Waals surface area contributed by atoms with Crippen molar-refractivity contribution in [2.45, 2.75) is 13.0 Å². The molecule has 2 aromatic carbocycles. The summed E-state index contributed by atoms with van der Waals surface area (Å²) in [5.74, 6) is 0.545. The number of nitrogens with zero attached hydrogens (tertiary/aromatic N) is 1. The average molecular weight is 284 g/mol. The van der Waals surface area contributed by atoms with E-state index in [2.05, 4.69) is 5.32 Å². The van der Waals surface area contributed by atoms with Gasteiger partial charge in [0.1, 0.15) is 11.6 Å². The van der Waals surface area contributed by atoms with Gasteiger partial charge in [-0.3, -0.25) is 0 Å². The molecule has 0 atom stereocenters. The van der Waals surface area contributed by atoms with Crippen LogP contribution < -0.4 is 10.1 Å². The fourth-order valence-corrected chi connectivity index (χ4v) is 2.06. The molecule has 108 valence electrons. The van der Waals surface area contributed by atoms with Crippen LogP contribution >= 0.6 is 0 Å². The Labute approximate surface area is 124 Å². The maximum Gasteiger partial charge on any atom is 0.127 e. The van der Waals surface area contributed by atoms with E-state index >= 15 is 0 Å². The van der Waals surface area contributed by atoms with Gasteiger partial charge in [-0.15, -0.1) is 0 Å². The lowest BCUT2D eigenvalue weighted by Crippen LogP contribution is -2.17. The van der Waals surface area contributed by atoms with E-state index in [1.165, 1.54) is 12.1 Å². The standard InChI is InChI=1S/C17H17FN2O/c1-21-16-4-2-3-13(10-16)7-8-20-12-15-9-14(11-19)5-6-17(15)18/h2-6,9-10,20H,7-8,12H2,1H3. The fraction of sp³-hybridized carbons (Fsp3) is 0.235. The smallest absolute Gasteiger partial charge is 0.127 e. The first-order chi connectivity index (χ1) is 10.2. The summed E-state index contributed by atoms with van der Waals surface area (Å²) in [6.07, 6.45) is 0.830. The van der Waals surface area contributed by atoms with Gasteiger partial charge in [-0.1, -0.05) is 12.1 Å². The molecule has 4 heteroatoms. The van der Waals surface area contributed by atoms with Crippen LogP contribution in [0.2, 0.25) is 0 Å². The van der Waals surface area contributed by atoms with Crippen LogP contribution in [0.1, 0.15) is 16.7 Å². The molecule has 2 aromatic rings. The fourth-order valence-electron chi connectivity index (χ4n) is 2.06. The second-order valence-electron chi connectivity index (χ2n) is 4.70. The van der Waals surface area contributed by atoms with Crippen molar-refractivity contribution in [1.29, 1.82) is 5.26 Å². The quantitative estimate of drug-likeness (QED) is 0.829. The zero-order chi connectivity index (χ0) is 15.1. The Morgan fingerprint density at radius 1 is 1.24 bits per heavy atom. The number of methoxy groups -OCH3 is 1. The largest absolute Gasteiger partial charge is 0.497 e. The van der Waals surface area contributed by atoms with Gasteiger partial charge in [-0.2, -0.15) is 5.26 Å². The van der Waals surface area contributed by atoms with E-state index in [9.17, 15) is 4.39 Å². The molecule has 0 amide bonds. The van der Waals surface area contributed by atoms with E-state index in [0.717, 1.165) is 24.3 Å². The van der Waals surface area contributed by atoms with Crippen molar-refractivity contribution in [2.24, 2.45) is 0 Å². The Morgan fingerprint density at radius 3 is 2.86 bits per heavy atom. The van der Waals surface area contributed by atoms with E-state index in [-0.39, 0.29) is 5.82 Å². The maximum atomic E-state index is 13.6. The van der Waals surface area contributed by atoms with Crippen LogP contribution in [0.5, 0.6) is 5.75 Å². The van der Waals surface area contributed by atoms with Crippen molar-refractivity contribution >= 4 is 0 Å². The Balaban J connectivity index is 1.86. The van der Waals surface area contributed by atoms with Crippen LogP contribution in [0.25, 0.3) is 0 Å². The highest BCUT2D eigenvalue weighted by Gasteiger charge is 2.03. The first-order valence-electron chi connectivity index (χ1n) is 6.75. The van der Waals surface area contributed by atoms with Gasteiger partial charge in [0.15, 0.2) is 0 Å². The number of hydrogen-bond acceptors (Lipinski definition) is 3. The number of nitriles is 1. The number of hydrogen-bond donors (Lipinski definition) is 1. The minimum absolute atomic E-state index is 0.289. The van der Waals surface area contributed by atoms with Crippen molar-refractivity contribution in [2.75, 3.05) is 13.7 Å². The summed E-state index contributed by atoms with van der Waals surface area (Å²) >= 11 is 0. The summed E-state index contributed by atoms with van der Waals surface area (Å²) in [6.45, 7) is 1.13. The van der Waals surface area contributed by atoms with Gasteiger partial charge in [0.25, 0.3) is 0 Å². The molecule has 21 heavy (non-hydrogen) atoms. The Hall–Kier alpha value is -2.38. The molecule has 0 spiro atoms. The van der Waals surface area contributed by atoms with E-state index in [4.69, 9.17) is 10.00 Å². The topological polar surface area (TPSA) is 45.0 Å². The van der Waals surface area contributed by atoms with Crippen LogP contribution in [-0.4, -0.2) is 13.7 Å². The third kappa shape index (κ3) is 4.30. The summed E-state index contributed by atoms with van der Waals surface area (Å²) in [4.78, 5) is 0. The van der Waals surface area contributed by atoms with Crippen LogP contribution in [0.3, 0.4) is 0 Å². The van der Waals surface area contributed by atoms with Crippen LogP contribution in [-0.2, 0) is 13.0 Å². The predicted octanol–water partition coefficient (Wildman–Crippen LogP) is 3.04. The van der Waals surface area contributed by atoms with Crippen molar-refractivity contribution in [3.05, 3.63) is 65.0 Å². The van der Waals surface area contributed by atoms with E-state index in [0.29, 0.717) is 17.7 Å². The average Bonchev–Trinajstić information content (AvgIpc) is 2.53. The Morgan fingerprint density at radius 2 is 2.10 bits per heavy atom. The number of rotatable bonds is 6. The van der Waals surface area contributed by atoms with E-state index in [1.807, 2.05) is 30.3 Å². The highest BCUT2D eigenvalue weighted by Crippen LogP contribution is 2.13. The molecule has 0 radical (unpaired) electrons. The third-order valence-electron chi connectivity index (χ3n) is 3.21. The minimum Gasteiger partial charge on any atom is -0.497 e. The van der Waals surface area contributed by atoms with Gasteiger partial charge in [0.2, 0.25) is 0 Å². The summed E-state index contributed by atoms with van der Waals surface area (Å²) in [7, 11) is 1.64. The predicted molar refractivity (Wildman–Crippen MR) is 79.5 cm³/mol. The van der Waals surface area contributed by atoms with Gasteiger partial charge < -0.3 is 10.1 Å². The zero-order valence-corrected chi connectivity index (χ0v) is 11.9. The number of nitrogens with one attached hydrogen (secondary N) is 1. The van der Waals surface area contributed by atoms with Crippen molar-refractivity contribution in [1.82, 2.24) is 5.32 Å². The second-order valence-corrected chi connectivity index (χ2v) is 4.70. The Kier molecular flexibility index (Phi) is 5.30. The molecular weight excluding hydrogens is 267 g/mol. The van der Waals surface area contributed by atoms with Crippen LogP contribution in [0.15, 0.2) is 42.5 Å².